The molecule has 138 valence electrons. The summed E-state index contributed by atoms with van der Waals surface area (Å²) < 4.78 is 8.50. The number of imidazole rings is 1. The number of hydrogen-bond donors (Lipinski definition) is 1. The average molecular weight is 427 g/mol. The molecule has 1 aromatic carbocycles. The number of halogens is 1. The van der Waals surface area contributed by atoms with E-state index in [0.717, 1.165) is 41.2 Å². The third-order valence-electron chi connectivity index (χ3n) is 4.96. The van der Waals surface area contributed by atoms with E-state index in [1.165, 1.54) is 13.3 Å². The molecule has 0 unspecified atom stereocenters. The number of benzene rings is 1. The normalized spacial score (nSPS) is 19.6. The molecule has 27 heavy (non-hydrogen) atoms. The topological polar surface area (TPSA) is 69.2 Å². The second-order valence-corrected chi connectivity index (χ2v) is 7.56. The van der Waals surface area contributed by atoms with E-state index in [-0.39, 0.29) is 6.04 Å². The molecule has 0 bridgehead atoms. The Bertz CT molecular complexity index is 1010. The molecule has 0 aliphatic heterocycles. The highest BCUT2D eigenvalue weighted by Gasteiger charge is 2.25. The van der Waals surface area contributed by atoms with Crippen molar-refractivity contribution in [1.29, 1.82) is 0 Å². The van der Waals surface area contributed by atoms with Crippen molar-refractivity contribution >= 4 is 38.6 Å². The fourth-order valence-corrected chi connectivity index (χ4v) is 4.03. The van der Waals surface area contributed by atoms with Gasteiger partial charge in [0.2, 0.25) is 11.8 Å². The Morgan fingerprint density at radius 1 is 1.33 bits per heavy atom. The monoisotopic (exact) mass is 426 g/mol. The van der Waals surface area contributed by atoms with Gasteiger partial charge in [0, 0.05) is 22.8 Å². The number of hydrogen-bond acceptors (Lipinski definition) is 5. The van der Waals surface area contributed by atoms with Crippen LogP contribution in [-0.2, 0) is 0 Å². The van der Waals surface area contributed by atoms with Crippen molar-refractivity contribution in [2.75, 3.05) is 12.4 Å². The van der Waals surface area contributed by atoms with Crippen LogP contribution in [0.15, 0.2) is 35.2 Å². The zero-order valence-corrected chi connectivity index (χ0v) is 16.5. The van der Waals surface area contributed by atoms with Gasteiger partial charge in [-0.05, 0) is 43.9 Å². The van der Waals surface area contributed by atoms with Crippen LogP contribution in [0.5, 0.6) is 5.88 Å². The number of fused-ring (bicyclic) bond motifs is 1. The largest absolute Gasteiger partial charge is 0.490 e. The van der Waals surface area contributed by atoms with Crippen molar-refractivity contribution in [2.24, 2.45) is 0 Å². The molecule has 7 nitrogen and oxygen atoms in total. The number of rotatable bonds is 4. The van der Waals surface area contributed by atoms with E-state index >= 15 is 0 Å². The molecule has 1 N–H and O–H groups in total. The molecule has 0 radical (unpaired) electrons. The Balaban J connectivity index is 1.52. The van der Waals surface area contributed by atoms with Gasteiger partial charge in [-0.3, -0.25) is 0 Å². The molecule has 4 rings (SSSR count). The standard InChI is InChI=1S/C19H19BrN6O/c1-21-16-10-22-19(25-18(16)27-2)24-13-4-3-5-14(9-13)26-11-23-15-8-12(20)6-7-17(15)26/h6-8,10-11,13-14H,3-5,9H2,2H3,(H,22,24,25)/t13-,14+/m1/s1. The van der Waals surface area contributed by atoms with E-state index in [1.807, 2.05) is 12.4 Å². The highest BCUT2D eigenvalue weighted by molar-refractivity contribution is 9.10. The highest BCUT2D eigenvalue weighted by Crippen LogP contribution is 2.33. The number of aromatic nitrogens is 4. The SMILES string of the molecule is [C-]#[N+]c1cnc(N[C@@H]2CCC[C@H](n3cnc4cc(Br)ccc43)C2)nc1OC. The van der Waals surface area contributed by atoms with Gasteiger partial charge in [0.1, 0.15) is 0 Å². The van der Waals surface area contributed by atoms with Crippen molar-refractivity contribution in [1.82, 2.24) is 19.5 Å². The molecule has 1 fully saturated rings. The first-order valence-electron chi connectivity index (χ1n) is 8.85. The molecule has 2 heterocycles. The first-order chi connectivity index (χ1) is 13.2. The fourth-order valence-electron chi connectivity index (χ4n) is 3.68. The van der Waals surface area contributed by atoms with E-state index in [4.69, 9.17) is 11.3 Å². The summed E-state index contributed by atoms with van der Waals surface area (Å²) >= 11 is 3.50. The van der Waals surface area contributed by atoms with E-state index in [9.17, 15) is 0 Å². The molecule has 8 heteroatoms. The van der Waals surface area contributed by atoms with E-state index < -0.39 is 0 Å². The van der Waals surface area contributed by atoms with Crippen LogP contribution in [0.4, 0.5) is 11.6 Å². The third-order valence-corrected chi connectivity index (χ3v) is 5.45. The van der Waals surface area contributed by atoms with Gasteiger partial charge < -0.3 is 14.6 Å². The van der Waals surface area contributed by atoms with E-state index in [1.54, 1.807) is 0 Å². The third kappa shape index (κ3) is 3.60. The summed E-state index contributed by atoms with van der Waals surface area (Å²) in [5.74, 6) is 0.811. The fraction of sp³-hybridized carbons (Fsp3) is 0.368. The van der Waals surface area contributed by atoms with Crippen LogP contribution in [0.2, 0.25) is 0 Å². The first-order valence-corrected chi connectivity index (χ1v) is 9.64. The maximum absolute atomic E-state index is 7.13. The van der Waals surface area contributed by atoms with Crippen LogP contribution >= 0.6 is 15.9 Å². The Labute approximate surface area is 165 Å². The number of nitrogens with zero attached hydrogens (tertiary/aromatic N) is 5. The maximum Gasteiger partial charge on any atom is 0.264 e. The van der Waals surface area contributed by atoms with E-state index in [0.29, 0.717) is 23.6 Å². The lowest BCUT2D eigenvalue weighted by molar-refractivity contribution is 0.336. The summed E-state index contributed by atoms with van der Waals surface area (Å²) in [5.41, 5.74) is 2.48. The Kier molecular flexibility index (Phi) is 4.94. The first kappa shape index (κ1) is 17.7. The summed E-state index contributed by atoms with van der Waals surface area (Å²) in [7, 11) is 1.51. The second-order valence-electron chi connectivity index (χ2n) is 6.65. The van der Waals surface area contributed by atoms with Crippen molar-refractivity contribution in [3.05, 3.63) is 46.6 Å². The summed E-state index contributed by atoms with van der Waals surface area (Å²) in [5, 5.41) is 3.41. The van der Waals surface area contributed by atoms with Crippen LogP contribution < -0.4 is 10.1 Å². The molecular formula is C19H19BrN6O. The minimum atomic E-state index is 0.264. The smallest absolute Gasteiger partial charge is 0.264 e. The van der Waals surface area contributed by atoms with Gasteiger partial charge in [-0.2, -0.15) is 4.98 Å². The predicted octanol–water partition coefficient (Wildman–Crippen LogP) is 4.74. The van der Waals surface area contributed by atoms with Gasteiger partial charge in [0.25, 0.3) is 5.69 Å². The Hall–Kier alpha value is -2.66. The summed E-state index contributed by atoms with van der Waals surface area (Å²) in [6.07, 6.45) is 7.72. The summed E-state index contributed by atoms with van der Waals surface area (Å²) in [6, 6.07) is 6.86. The zero-order chi connectivity index (χ0) is 18.8. The molecule has 1 aliphatic rings. The number of ether oxygens (including phenoxy) is 1. The van der Waals surface area contributed by atoms with Crippen LogP contribution in [0.25, 0.3) is 15.9 Å². The zero-order valence-electron chi connectivity index (χ0n) is 14.9. The molecule has 0 saturated heterocycles. The lowest BCUT2D eigenvalue weighted by atomic mass is 9.90. The summed E-state index contributed by atoms with van der Waals surface area (Å²) in [6.45, 7) is 7.13. The molecular weight excluding hydrogens is 408 g/mol. The number of nitrogens with one attached hydrogen (secondary N) is 1. The van der Waals surface area contributed by atoms with Gasteiger partial charge in [0.05, 0.1) is 31.0 Å². The van der Waals surface area contributed by atoms with Crippen molar-refractivity contribution in [3.8, 4) is 5.88 Å². The van der Waals surface area contributed by atoms with Crippen LogP contribution in [-0.4, -0.2) is 32.7 Å². The number of anilines is 1. The van der Waals surface area contributed by atoms with Gasteiger partial charge in [-0.15, -0.1) is 0 Å². The molecule has 2 aromatic heterocycles. The maximum atomic E-state index is 7.13. The summed E-state index contributed by atoms with van der Waals surface area (Å²) in [4.78, 5) is 16.5. The quantitative estimate of drug-likeness (QED) is 0.609. The van der Waals surface area contributed by atoms with Gasteiger partial charge in [-0.25, -0.2) is 14.8 Å². The molecule has 0 amide bonds. The van der Waals surface area contributed by atoms with Crippen LogP contribution in [0, 0.1) is 6.57 Å². The Morgan fingerprint density at radius 2 is 2.22 bits per heavy atom. The highest BCUT2D eigenvalue weighted by atomic mass is 79.9. The minimum absolute atomic E-state index is 0.264. The van der Waals surface area contributed by atoms with Gasteiger partial charge in [0.15, 0.2) is 0 Å². The number of methoxy groups -OCH3 is 1. The van der Waals surface area contributed by atoms with Crippen molar-refractivity contribution in [3.63, 3.8) is 0 Å². The van der Waals surface area contributed by atoms with Gasteiger partial charge >= 0.3 is 0 Å². The molecule has 3 aromatic rings. The lowest BCUT2D eigenvalue weighted by Crippen LogP contribution is -2.29. The van der Waals surface area contributed by atoms with Crippen LogP contribution in [0.1, 0.15) is 31.7 Å². The van der Waals surface area contributed by atoms with Crippen molar-refractivity contribution < 1.29 is 4.74 Å². The Morgan fingerprint density at radius 3 is 3.04 bits per heavy atom. The predicted molar refractivity (Wildman–Crippen MR) is 107 cm³/mol. The second kappa shape index (κ2) is 7.53. The average Bonchev–Trinajstić information content (AvgIpc) is 3.11. The van der Waals surface area contributed by atoms with Crippen LogP contribution in [0.3, 0.4) is 0 Å². The van der Waals surface area contributed by atoms with Crippen molar-refractivity contribution in [2.45, 2.75) is 37.8 Å². The van der Waals surface area contributed by atoms with E-state index in [2.05, 4.69) is 57.7 Å². The molecule has 2 atom stereocenters. The van der Waals surface area contributed by atoms with Gasteiger partial charge in [-0.1, -0.05) is 15.9 Å². The minimum Gasteiger partial charge on any atom is -0.490 e. The molecule has 0 spiro atoms. The molecule has 1 aliphatic carbocycles. The lowest BCUT2D eigenvalue weighted by Gasteiger charge is -2.31. The molecule has 1 saturated carbocycles.